The molecule has 3 heterocycles. The Hall–Kier alpha value is -2.74. The molecule has 7 nitrogen and oxygen atoms in total. The van der Waals surface area contributed by atoms with Crippen LogP contribution in [0.15, 0.2) is 35.7 Å². The Bertz CT molecular complexity index is 906. The normalized spacial score (nSPS) is 20.2. The molecule has 0 saturated carbocycles. The lowest BCUT2D eigenvalue weighted by molar-refractivity contribution is -0.138. The first-order chi connectivity index (χ1) is 14.0. The van der Waals surface area contributed by atoms with Crippen LogP contribution in [0.1, 0.15) is 25.0 Å². The molecule has 2 saturated heterocycles. The summed E-state index contributed by atoms with van der Waals surface area (Å²) < 4.78 is 0. The van der Waals surface area contributed by atoms with Gasteiger partial charge in [-0.05, 0) is 31.9 Å². The minimum atomic E-state index is -0.314. The molecule has 2 aliphatic rings. The number of carbonyl (C=O) groups excluding carboxylic acids is 3. The minimum Gasteiger partial charge on any atom is -0.342 e. The number of hydrogen-bond donors (Lipinski definition) is 1. The molecule has 1 atom stereocenters. The summed E-state index contributed by atoms with van der Waals surface area (Å²) in [5.74, 6) is -0.452. The molecule has 1 aromatic heterocycles. The first kappa shape index (κ1) is 19.6. The summed E-state index contributed by atoms with van der Waals surface area (Å²) in [6.07, 6.45) is 1.51. The number of anilines is 2. The van der Waals surface area contributed by atoms with E-state index >= 15 is 0 Å². The van der Waals surface area contributed by atoms with Crippen molar-refractivity contribution in [2.24, 2.45) is 11.8 Å². The van der Waals surface area contributed by atoms with Gasteiger partial charge < -0.3 is 15.1 Å². The number of benzene rings is 1. The molecule has 0 bridgehead atoms. The Kier molecular flexibility index (Phi) is 5.62. The monoisotopic (exact) mass is 412 g/mol. The SMILES string of the molecule is Cc1csc(NC(=O)C2CCN(C(=O)C3CC(=O)N(c4ccccc4)C3)CC2)n1. The Morgan fingerprint density at radius 2 is 1.86 bits per heavy atom. The highest BCUT2D eigenvalue weighted by Crippen LogP contribution is 2.28. The third-order valence-electron chi connectivity index (χ3n) is 5.57. The van der Waals surface area contributed by atoms with E-state index in [0.29, 0.717) is 37.6 Å². The van der Waals surface area contributed by atoms with Gasteiger partial charge in [-0.25, -0.2) is 4.98 Å². The minimum absolute atomic E-state index is 0.0115. The van der Waals surface area contributed by atoms with E-state index in [9.17, 15) is 14.4 Å². The number of aryl methyl sites for hydroxylation is 1. The van der Waals surface area contributed by atoms with Gasteiger partial charge in [0.1, 0.15) is 0 Å². The van der Waals surface area contributed by atoms with Crippen molar-refractivity contribution in [1.82, 2.24) is 9.88 Å². The smallest absolute Gasteiger partial charge is 0.229 e. The highest BCUT2D eigenvalue weighted by molar-refractivity contribution is 7.13. The van der Waals surface area contributed by atoms with Crippen molar-refractivity contribution in [2.45, 2.75) is 26.2 Å². The van der Waals surface area contributed by atoms with Crippen molar-refractivity contribution in [3.05, 3.63) is 41.4 Å². The first-order valence-electron chi connectivity index (χ1n) is 9.88. The van der Waals surface area contributed by atoms with E-state index in [4.69, 9.17) is 0 Å². The summed E-state index contributed by atoms with van der Waals surface area (Å²) >= 11 is 1.42. The predicted molar refractivity (Wildman–Crippen MR) is 112 cm³/mol. The molecular formula is C21H24N4O3S. The molecule has 8 heteroatoms. The van der Waals surface area contributed by atoms with Crippen molar-refractivity contribution in [3.8, 4) is 0 Å². The quantitative estimate of drug-likeness (QED) is 0.837. The number of hydrogen-bond acceptors (Lipinski definition) is 5. The summed E-state index contributed by atoms with van der Waals surface area (Å²) in [6, 6.07) is 9.46. The largest absolute Gasteiger partial charge is 0.342 e. The summed E-state index contributed by atoms with van der Waals surface area (Å²) in [5.41, 5.74) is 1.72. The maximum absolute atomic E-state index is 12.9. The lowest BCUT2D eigenvalue weighted by Crippen LogP contribution is -2.44. The van der Waals surface area contributed by atoms with E-state index in [1.165, 1.54) is 11.3 Å². The average Bonchev–Trinajstić information content (AvgIpc) is 3.33. The van der Waals surface area contributed by atoms with Crippen LogP contribution in [-0.4, -0.2) is 47.2 Å². The first-order valence-corrected chi connectivity index (χ1v) is 10.8. The van der Waals surface area contributed by atoms with E-state index in [0.717, 1.165) is 11.4 Å². The molecule has 1 unspecified atom stereocenters. The molecule has 1 aromatic carbocycles. The second kappa shape index (κ2) is 8.32. The number of likely N-dealkylation sites (tertiary alicyclic amines) is 1. The Balaban J connectivity index is 1.30. The highest BCUT2D eigenvalue weighted by atomic mass is 32.1. The number of aromatic nitrogens is 1. The molecule has 2 aromatic rings. The number of thiazole rings is 1. The van der Waals surface area contributed by atoms with Crippen LogP contribution in [0.4, 0.5) is 10.8 Å². The van der Waals surface area contributed by atoms with Gasteiger partial charge >= 0.3 is 0 Å². The Morgan fingerprint density at radius 3 is 2.52 bits per heavy atom. The molecule has 2 aliphatic heterocycles. The molecule has 0 spiro atoms. The van der Waals surface area contributed by atoms with Crippen LogP contribution in [-0.2, 0) is 14.4 Å². The number of rotatable bonds is 4. The predicted octanol–water partition coefficient (Wildman–Crippen LogP) is 2.68. The van der Waals surface area contributed by atoms with Crippen molar-refractivity contribution >= 4 is 39.9 Å². The summed E-state index contributed by atoms with van der Waals surface area (Å²) in [6.45, 7) is 3.40. The maximum Gasteiger partial charge on any atom is 0.229 e. The maximum atomic E-state index is 12.9. The third-order valence-corrected chi connectivity index (χ3v) is 6.44. The van der Waals surface area contributed by atoms with Gasteiger partial charge in [0.2, 0.25) is 17.7 Å². The van der Waals surface area contributed by atoms with Crippen molar-refractivity contribution in [2.75, 3.05) is 29.9 Å². The zero-order chi connectivity index (χ0) is 20.4. The number of piperidine rings is 1. The second-order valence-corrected chi connectivity index (χ2v) is 8.48. The lowest BCUT2D eigenvalue weighted by atomic mass is 9.94. The third kappa shape index (κ3) is 4.32. The van der Waals surface area contributed by atoms with Crippen molar-refractivity contribution < 1.29 is 14.4 Å². The van der Waals surface area contributed by atoms with Crippen LogP contribution in [0.25, 0.3) is 0 Å². The second-order valence-electron chi connectivity index (χ2n) is 7.62. The van der Waals surface area contributed by atoms with Gasteiger partial charge in [-0.3, -0.25) is 14.4 Å². The Morgan fingerprint density at radius 1 is 1.14 bits per heavy atom. The molecule has 2 fully saturated rings. The van der Waals surface area contributed by atoms with Crippen LogP contribution in [0.2, 0.25) is 0 Å². The van der Waals surface area contributed by atoms with Crippen LogP contribution in [0.3, 0.4) is 0 Å². The van der Waals surface area contributed by atoms with E-state index in [2.05, 4.69) is 10.3 Å². The molecular weight excluding hydrogens is 388 g/mol. The number of nitrogens with zero attached hydrogens (tertiary/aromatic N) is 3. The van der Waals surface area contributed by atoms with Gasteiger partial charge in [-0.1, -0.05) is 18.2 Å². The molecule has 152 valence electrons. The molecule has 0 radical (unpaired) electrons. The fourth-order valence-electron chi connectivity index (χ4n) is 3.97. The van der Waals surface area contributed by atoms with E-state index in [-0.39, 0.29) is 36.0 Å². The number of carbonyl (C=O) groups is 3. The molecule has 29 heavy (non-hydrogen) atoms. The van der Waals surface area contributed by atoms with E-state index in [1.807, 2.05) is 47.5 Å². The number of amides is 3. The number of para-hydroxylation sites is 1. The Labute approximate surface area is 173 Å². The highest BCUT2D eigenvalue weighted by Gasteiger charge is 2.38. The van der Waals surface area contributed by atoms with Crippen molar-refractivity contribution in [3.63, 3.8) is 0 Å². The van der Waals surface area contributed by atoms with Crippen molar-refractivity contribution in [1.29, 1.82) is 0 Å². The van der Waals surface area contributed by atoms with E-state index < -0.39 is 0 Å². The zero-order valence-corrected chi connectivity index (χ0v) is 17.2. The van der Waals surface area contributed by atoms with Gasteiger partial charge in [-0.2, -0.15) is 0 Å². The molecule has 1 N–H and O–H groups in total. The summed E-state index contributed by atoms with van der Waals surface area (Å²) in [4.78, 5) is 45.5. The van der Waals surface area contributed by atoms with Gasteiger partial charge in [-0.15, -0.1) is 11.3 Å². The van der Waals surface area contributed by atoms with E-state index in [1.54, 1.807) is 4.90 Å². The van der Waals surface area contributed by atoms with Crippen LogP contribution < -0.4 is 10.2 Å². The zero-order valence-electron chi connectivity index (χ0n) is 16.3. The fourth-order valence-corrected chi connectivity index (χ4v) is 4.66. The van der Waals surface area contributed by atoms with Crippen LogP contribution in [0, 0.1) is 18.8 Å². The topological polar surface area (TPSA) is 82.6 Å². The molecule has 3 amide bonds. The summed E-state index contributed by atoms with van der Waals surface area (Å²) in [5, 5.41) is 5.40. The molecule has 4 rings (SSSR count). The lowest BCUT2D eigenvalue weighted by Gasteiger charge is -2.32. The summed E-state index contributed by atoms with van der Waals surface area (Å²) in [7, 11) is 0. The van der Waals surface area contributed by atoms with Crippen LogP contribution >= 0.6 is 11.3 Å². The van der Waals surface area contributed by atoms with Gasteiger partial charge in [0, 0.05) is 43.0 Å². The fraction of sp³-hybridized carbons (Fsp3) is 0.429. The molecule has 0 aliphatic carbocycles. The van der Waals surface area contributed by atoms with Crippen LogP contribution in [0.5, 0.6) is 0 Å². The standard InChI is InChI=1S/C21H24N4O3S/c1-14-13-29-21(22-14)23-19(27)15-7-9-24(10-8-15)20(28)16-11-18(26)25(12-16)17-5-3-2-4-6-17/h2-6,13,15-16H,7-12H2,1H3,(H,22,23,27). The van der Waals surface area contributed by atoms with Gasteiger partial charge in [0.05, 0.1) is 11.6 Å². The van der Waals surface area contributed by atoms with Gasteiger partial charge in [0.15, 0.2) is 5.13 Å². The van der Waals surface area contributed by atoms with Gasteiger partial charge in [0.25, 0.3) is 0 Å². The average molecular weight is 413 g/mol. The number of nitrogens with one attached hydrogen (secondary N) is 1.